The van der Waals surface area contributed by atoms with Crippen molar-refractivity contribution < 1.29 is 14.4 Å². The third kappa shape index (κ3) is 3.45. The van der Waals surface area contributed by atoms with Crippen LogP contribution in [0.4, 0.5) is 5.69 Å². The summed E-state index contributed by atoms with van der Waals surface area (Å²) in [5, 5.41) is 16.0. The number of hydrogen-bond donors (Lipinski definition) is 2. The minimum atomic E-state index is -1.00. The molecule has 100 valence electrons. The lowest BCUT2D eigenvalue weighted by Crippen LogP contribution is -2.06. The van der Waals surface area contributed by atoms with Gasteiger partial charge in [-0.3, -0.25) is 0 Å². The molecule has 2 N–H and O–H groups in total. The van der Waals surface area contributed by atoms with E-state index in [1.807, 2.05) is 0 Å². The third-order valence-electron chi connectivity index (χ3n) is 2.44. The molecule has 19 heavy (non-hydrogen) atoms. The number of benzene rings is 1. The van der Waals surface area contributed by atoms with Gasteiger partial charge in [-0.15, -0.1) is 0 Å². The summed E-state index contributed by atoms with van der Waals surface area (Å²) in [5.41, 5.74) is 0.825. The highest BCUT2D eigenvalue weighted by Gasteiger charge is 2.07. The van der Waals surface area contributed by atoms with Crippen LogP contribution in [0.15, 0.2) is 22.7 Å². The third-order valence-corrected chi connectivity index (χ3v) is 2.75. The van der Waals surface area contributed by atoms with Gasteiger partial charge in [-0.05, 0) is 25.1 Å². The van der Waals surface area contributed by atoms with E-state index in [9.17, 15) is 4.79 Å². The predicted molar refractivity (Wildman–Crippen MR) is 69.6 cm³/mol. The standard InChI is InChI=1S/C12H12ClN3O3/c1-7-15-11(19-16-7)4-5-14-10-3-2-8(12(17)18)6-9(10)13/h2-3,6,14H,4-5H2,1H3,(H,17,18). The van der Waals surface area contributed by atoms with Gasteiger partial charge in [0.2, 0.25) is 5.89 Å². The Morgan fingerprint density at radius 3 is 2.89 bits per heavy atom. The normalized spacial score (nSPS) is 10.4. The second kappa shape index (κ2) is 5.71. The Balaban J connectivity index is 1.94. The van der Waals surface area contributed by atoms with Crippen molar-refractivity contribution in [1.29, 1.82) is 0 Å². The maximum absolute atomic E-state index is 10.8. The van der Waals surface area contributed by atoms with Gasteiger partial charge < -0.3 is 14.9 Å². The van der Waals surface area contributed by atoms with Crippen LogP contribution in [0.1, 0.15) is 22.1 Å². The zero-order valence-electron chi connectivity index (χ0n) is 10.2. The fraction of sp³-hybridized carbons (Fsp3) is 0.250. The summed E-state index contributed by atoms with van der Waals surface area (Å²) in [5.74, 6) is 0.136. The average Bonchev–Trinajstić information content (AvgIpc) is 2.77. The highest BCUT2D eigenvalue weighted by atomic mass is 35.5. The van der Waals surface area contributed by atoms with Crippen LogP contribution in [0.2, 0.25) is 5.02 Å². The number of aryl methyl sites for hydroxylation is 1. The molecule has 0 aliphatic rings. The van der Waals surface area contributed by atoms with Crippen LogP contribution in [-0.2, 0) is 6.42 Å². The van der Waals surface area contributed by atoms with Crippen LogP contribution >= 0.6 is 11.6 Å². The summed E-state index contributed by atoms with van der Waals surface area (Å²) in [7, 11) is 0. The molecule has 0 aliphatic heterocycles. The number of hydrogen-bond acceptors (Lipinski definition) is 5. The van der Waals surface area contributed by atoms with E-state index in [0.29, 0.717) is 35.4 Å². The van der Waals surface area contributed by atoms with Crippen molar-refractivity contribution in [3.05, 3.63) is 40.5 Å². The lowest BCUT2D eigenvalue weighted by atomic mass is 10.2. The van der Waals surface area contributed by atoms with E-state index in [1.54, 1.807) is 13.0 Å². The van der Waals surface area contributed by atoms with E-state index in [4.69, 9.17) is 21.2 Å². The van der Waals surface area contributed by atoms with Crippen LogP contribution < -0.4 is 5.32 Å². The molecule has 0 saturated carbocycles. The number of nitrogens with zero attached hydrogens (tertiary/aromatic N) is 2. The van der Waals surface area contributed by atoms with Gasteiger partial charge in [-0.25, -0.2) is 4.79 Å². The number of aromatic nitrogens is 2. The largest absolute Gasteiger partial charge is 0.478 e. The zero-order valence-corrected chi connectivity index (χ0v) is 10.9. The summed E-state index contributed by atoms with van der Waals surface area (Å²) < 4.78 is 4.97. The van der Waals surface area contributed by atoms with Gasteiger partial charge in [-0.2, -0.15) is 4.98 Å². The van der Waals surface area contributed by atoms with E-state index < -0.39 is 5.97 Å². The number of carbonyl (C=O) groups is 1. The highest BCUT2D eigenvalue weighted by Crippen LogP contribution is 2.23. The number of carboxylic acid groups (broad SMARTS) is 1. The zero-order chi connectivity index (χ0) is 13.8. The summed E-state index contributed by atoms with van der Waals surface area (Å²) in [6.45, 7) is 2.32. The van der Waals surface area contributed by atoms with E-state index >= 15 is 0 Å². The van der Waals surface area contributed by atoms with Gasteiger partial charge in [0.05, 0.1) is 16.3 Å². The smallest absolute Gasteiger partial charge is 0.335 e. The van der Waals surface area contributed by atoms with Crippen molar-refractivity contribution in [3.8, 4) is 0 Å². The molecular weight excluding hydrogens is 270 g/mol. The van der Waals surface area contributed by atoms with Gasteiger partial charge in [0.25, 0.3) is 0 Å². The Hall–Kier alpha value is -2.08. The van der Waals surface area contributed by atoms with Crippen LogP contribution in [-0.4, -0.2) is 27.8 Å². The molecule has 1 aromatic heterocycles. The summed E-state index contributed by atoms with van der Waals surface area (Å²) in [4.78, 5) is 14.8. The molecule has 0 radical (unpaired) electrons. The maximum atomic E-state index is 10.8. The summed E-state index contributed by atoms with van der Waals surface area (Å²) >= 11 is 5.98. The first-order chi connectivity index (χ1) is 9.06. The monoisotopic (exact) mass is 281 g/mol. The quantitative estimate of drug-likeness (QED) is 0.875. The van der Waals surface area contributed by atoms with Crippen molar-refractivity contribution >= 4 is 23.3 Å². The topological polar surface area (TPSA) is 88.2 Å². The average molecular weight is 282 g/mol. The Morgan fingerprint density at radius 1 is 1.53 bits per heavy atom. The molecule has 0 saturated heterocycles. The maximum Gasteiger partial charge on any atom is 0.335 e. The molecule has 6 nitrogen and oxygen atoms in total. The highest BCUT2D eigenvalue weighted by molar-refractivity contribution is 6.33. The second-order valence-corrected chi connectivity index (χ2v) is 4.32. The van der Waals surface area contributed by atoms with Crippen LogP contribution in [0, 0.1) is 6.92 Å². The molecule has 0 bridgehead atoms. The van der Waals surface area contributed by atoms with Gasteiger partial charge >= 0.3 is 5.97 Å². The van der Waals surface area contributed by atoms with Crippen molar-refractivity contribution in [1.82, 2.24) is 10.1 Å². The number of aromatic carboxylic acids is 1. The molecule has 0 atom stereocenters. The first-order valence-corrected chi connectivity index (χ1v) is 6.00. The number of halogens is 1. The van der Waals surface area contributed by atoms with Crippen LogP contribution in [0.5, 0.6) is 0 Å². The van der Waals surface area contributed by atoms with E-state index in [0.717, 1.165) is 0 Å². The Kier molecular flexibility index (Phi) is 4.01. The minimum absolute atomic E-state index is 0.156. The van der Waals surface area contributed by atoms with Crippen molar-refractivity contribution in [2.45, 2.75) is 13.3 Å². The molecular formula is C12H12ClN3O3. The second-order valence-electron chi connectivity index (χ2n) is 3.91. The molecule has 1 heterocycles. The van der Waals surface area contributed by atoms with Gasteiger partial charge in [0.1, 0.15) is 0 Å². The van der Waals surface area contributed by atoms with Gasteiger partial charge in [0.15, 0.2) is 5.82 Å². The molecule has 0 amide bonds. The van der Waals surface area contributed by atoms with Crippen LogP contribution in [0.25, 0.3) is 0 Å². The van der Waals surface area contributed by atoms with Gasteiger partial charge in [-0.1, -0.05) is 16.8 Å². The number of anilines is 1. The van der Waals surface area contributed by atoms with E-state index in [-0.39, 0.29) is 5.56 Å². The molecule has 0 aliphatic carbocycles. The number of carboxylic acids is 1. The van der Waals surface area contributed by atoms with Crippen LogP contribution in [0.3, 0.4) is 0 Å². The van der Waals surface area contributed by atoms with Crippen molar-refractivity contribution in [3.63, 3.8) is 0 Å². The molecule has 1 aromatic carbocycles. The molecule has 7 heteroatoms. The molecule has 2 aromatic rings. The SMILES string of the molecule is Cc1noc(CCNc2ccc(C(=O)O)cc2Cl)n1. The molecule has 2 rings (SSSR count). The first kappa shape index (κ1) is 13.4. The van der Waals surface area contributed by atoms with E-state index in [1.165, 1.54) is 12.1 Å². The van der Waals surface area contributed by atoms with E-state index in [2.05, 4.69) is 15.5 Å². The Bertz CT molecular complexity index is 598. The Morgan fingerprint density at radius 2 is 2.32 bits per heavy atom. The summed E-state index contributed by atoms with van der Waals surface area (Å²) in [6.07, 6.45) is 0.567. The first-order valence-electron chi connectivity index (χ1n) is 5.62. The summed E-state index contributed by atoms with van der Waals surface area (Å²) in [6, 6.07) is 4.53. The number of rotatable bonds is 5. The molecule has 0 spiro atoms. The van der Waals surface area contributed by atoms with Crippen molar-refractivity contribution in [2.24, 2.45) is 0 Å². The fourth-order valence-corrected chi connectivity index (χ4v) is 1.78. The minimum Gasteiger partial charge on any atom is -0.478 e. The number of nitrogens with one attached hydrogen (secondary N) is 1. The Labute approximate surface area is 114 Å². The molecule has 0 unspecified atom stereocenters. The lowest BCUT2D eigenvalue weighted by molar-refractivity contribution is 0.0697. The fourth-order valence-electron chi connectivity index (χ4n) is 1.54. The lowest BCUT2D eigenvalue weighted by Gasteiger charge is -2.07. The van der Waals surface area contributed by atoms with Gasteiger partial charge in [0, 0.05) is 13.0 Å². The van der Waals surface area contributed by atoms with Crippen molar-refractivity contribution in [2.75, 3.05) is 11.9 Å². The molecule has 0 fully saturated rings. The predicted octanol–water partition coefficient (Wildman–Crippen LogP) is 2.38.